The topological polar surface area (TPSA) is 84.2 Å². The molecule has 1 aliphatic heterocycles. The van der Waals surface area contributed by atoms with Crippen molar-refractivity contribution in [1.82, 2.24) is 9.97 Å². The van der Waals surface area contributed by atoms with E-state index < -0.39 is 21.7 Å². The molecule has 2 atom stereocenters. The van der Waals surface area contributed by atoms with Gasteiger partial charge in [-0.3, -0.25) is 10.1 Å². The van der Waals surface area contributed by atoms with Gasteiger partial charge in [-0.25, -0.2) is 9.97 Å². The highest BCUT2D eigenvalue weighted by Crippen LogP contribution is 2.54. The van der Waals surface area contributed by atoms with Gasteiger partial charge in [-0.15, -0.1) is 0 Å². The second-order valence-corrected chi connectivity index (χ2v) is 10.2. The van der Waals surface area contributed by atoms with Crippen LogP contribution in [0.2, 0.25) is 5.02 Å². The first kappa shape index (κ1) is 22.6. The lowest BCUT2D eigenvalue weighted by Gasteiger charge is -2.39. The fraction of sp³-hybridized carbons (Fsp3) is 0.524. The summed E-state index contributed by atoms with van der Waals surface area (Å²) < 4.78 is 39.6. The van der Waals surface area contributed by atoms with E-state index in [-0.39, 0.29) is 39.9 Å². The molecule has 11 heteroatoms. The largest absolute Gasteiger partial charge is 0.417 e. The number of nitrogens with one attached hydrogen (secondary N) is 1. The molecule has 32 heavy (non-hydrogen) atoms. The third kappa shape index (κ3) is 4.20. The van der Waals surface area contributed by atoms with E-state index in [0.717, 1.165) is 31.4 Å². The summed E-state index contributed by atoms with van der Waals surface area (Å²) in [4.78, 5) is 21.6. The van der Waals surface area contributed by atoms with Crippen molar-refractivity contribution in [3.8, 4) is 0 Å². The van der Waals surface area contributed by atoms with E-state index in [1.807, 2.05) is 4.90 Å². The van der Waals surface area contributed by atoms with Gasteiger partial charge in [0.25, 0.3) is 0 Å². The van der Waals surface area contributed by atoms with Crippen LogP contribution in [0.1, 0.15) is 45.6 Å². The molecule has 0 spiro atoms. The van der Waals surface area contributed by atoms with Crippen LogP contribution in [0.4, 0.5) is 36.2 Å². The zero-order chi connectivity index (χ0) is 23.5. The van der Waals surface area contributed by atoms with Crippen LogP contribution in [0.25, 0.3) is 0 Å². The third-order valence-corrected chi connectivity index (χ3v) is 6.54. The first-order chi connectivity index (χ1) is 14.8. The van der Waals surface area contributed by atoms with Crippen molar-refractivity contribution in [2.45, 2.75) is 52.3 Å². The quantitative estimate of drug-likeness (QED) is 0.423. The molecule has 4 rings (SSSR count). The van der Waals surface area contributed by atoms with Crippen LogP contribution >= 0.6 is 11.6 Å². The number of anilines is 3. The lowest BCUT2D eigenvalue weighted by Crippen LogP contribution is -2.35. The van der Waals surface area contributed by atoms with Gasteiger partial charge >= 0.3 is 11.9 Å². The monoisotopic (exact) mass is 469 g/mol. The number of benzene rings is 1. The van der Waals surface area contributed by atoms with E-state index in [0.29, 0.717) is 6.54 Å². The molecule has 172 valence electrons. The van der Waals surface area contributed by atoms with Gasteiger partial charge in [0, 0.05) is 18.3 Å². The van der Waals surface area contributed by atoms with Gasteiger partial charge in [-0.1, -0.05) is 32.4 Å². The van der Waals surface area contributed by atoms with Crippen LogP contribution in [0.15, 0.2) is 24.5 Å². The molecule has 1 saturated heterocycles. The van der Waals surface area contributed by atoms with Gasteiger partial charge in [0.05, 0.1) is 15.5 Å². The molecule has 2 unspecified atom stereocenters. The van der Waals surface area contributed by atoms with Gasteiger partial charge < -0.3 is 10.2 Å². The van der Waals surface area contributed by atoms with E-state index >= 15 is 0 Å². The molecule has 1 N–H and O–H groups in total. The summed E-state index contributed by atoms with van der Waals surface area (Å²) >= 11 is 5.68. The molecule has 1 saturated carbocycles. The predicted molar refractivity (Wildman–Crippen MR) is 115 cm³/mol. The number of hydrogen-bond acceptors (Lipinski definition) is 6. The number of nitro groups is 1. The standard InChI is InChI=1S/C21H23ClF3N5O2/c1-19(2)7-13-8-20(3,9-19)10-29(13)18-16(30(31)32)17(26-11-27-18)28-12-4-5-15(22)14(6-12)21(23,24)25/h4-6,11,13H,7-10H2,1-3H3,(H,26,27,28). The Morgan fingerprint density at radius 3 is 2.62 bits per heavy atom. The minimum Gasteiger partial charge on any atom is -0.347 e. The van der Waals surface area contributed by atoms with Gasteiger partial charge in [0.1, 0.15) is 6.33 Å². The molecule has 0 amide bonds. The maximum Gasteiger partial charge on any atom is 0.417 e. The number of alkyl halides is 3. The zero-order valence-electron chi connectivity index (χ0n) is 17.8. The van der Waals surface area contributed by atoms with Crippen molar-refractivity contribution in [3.63, 3.8) is 0 Å². The second kappa shape index (κ2) is 7.47. The summed E-state index contributed by atoms with van der Waals surface area (Å²) in [6.45, 7) is 7.19. The van der Waals surface area contributed by atoms with Gasteiger partial charge in [0.2, 0.25) is 11.6 Å². The molecule has 2 fully saturated rings. The summed E-state index contributed by atoms with van der Waals surface area (Å²) in [6, 6.07) is 3.31. The SMILES string of the molecule is CC1(C)CC2CC(C)(CN2c2ncnc(Nc3ccc(Cl)c(C(F)(F)F)c3)c2[N+](=O)[O-])C1. The minimum absolute atomic E-state index is 0.0105. The zero-order valence-corrected chi connectivity index (χ0v) is 18.6. The van der Waals surface area contributed by atoms with Crippen molar-refractivity contribution in [2.75, 3.05) is 16.8 Å². The highest BCUT2D eigenvalue weighted by molar-refractivity contribution is 6.31. The molecule has 1 aromatic carbocycles. The molecule has 1 aliphatic carbocycles. The summed E-state index contributed by atoms with van der Waals surface area (Å²) in [7, 11) is 0. The Morgan fingerprint density at radius 1 is 1.25 bits per heavy atom. The molecular formula is C21H23ClF3N5O2. The first-order valence-electron chi connectivity index (χ1n) is 10.2. The van der Waals surface area contributed by atoms with Crippen LogP contribution in [0.5, 0.6) is 0 Å². The first-order valence-corrected chi connectivity index (χ1v) is 10.6. The molecule has 1 aromatic heterocycles. The Balaban J connectivity index is 1.73. The molecule has 2 heterocycles. The molecule has 7 nitrogen and oxygen atoms in total. The molecule has 2 aromatic rings. The lowest BCUT2D eigenvalue weighted by atomic mass is 9.65. The summed E-state index contributed by atoms with van der Waals surface area (Å²) in [6.07, 6.45) is -0.680. The van der Waals surface area contributed by atoms with Crippen molar-refractivity contribution >= 4 is 34.6 Å². The number of fused-ring (bicyclic) bond motifs is 2. The summed E-state index contributed by atoms with van der Waals surface area (Å²) in [5.41, 5.74) is -1.29. The highest BCUT2D eigenvalue weighted by atomic mass is 35.5. The average Bonchev–Trinajstić information content (AvgIpc) is 2.90. The number of rotatable bonds is 4. The van der Waals surface area contributed by atoms with Gasteiger partial charge in [-0.2, -0.15) is 13.2 Å². The van der Waals surface area contributed by atoms with Crippen LogP contribution < -0.4 is 10.2 Å². The molecular weight excluding hydrogens is 447 g/mol. The fourth-order valence-electron chi connectivity index (χ4n) is 5.50. The maximum atomic E-state index is 13.2. The number of halogens is 4. The third-order valence-electron chi connectivity index (χ3n) is 6.21. The Labute approximate surface area is 188 Å². The Bertz CT molecular complexity index is 1080. The Kier molecular flexibility index (Phi) is 5.27. The maximum absolute atomic E-state index is 13.2. The molecule has 0 radical (unpaired) electrons. The van der Waals surface area contributed by atoms with Crippen molar-refractivity contribution in [3.05, 3.63) is 45.2 Å². The second-order valence-electron chi connectivity index (χ2n) is 9.81. The van der Waals surface area contributed by atoms with E-state index in [1.165, 1.54) is 12.4 Å². The van der Waals surface area contributed by atoms with Crippen LogP contribution in [0, 0.1) is 20.9 Å². The highest BCUT2D eigenvalue weighted by Gasteiger charge is 2.51. The van der Waals surface area contributed by atoms with Crippen molar-refractivity contribution in [1.29, 1.82) is 0 Å². The number of aromatic nitrogens is 2. The van der Waals surface area contributed by atoms with Crippen LogP contribution in [-0.2, 0) is 6.18 Å². The smallest absolute Gasteiger partial charge is 0.347 e. The number of hydrogen-bond donors (Lipinski definition) is 1. The molecule has 2 aliphatic rings. The van der Waals surface area contributed by atoms with Crippen LogP contribution in [0.3, 0.4) is 0 Å². The van der Waals surface area contributed by atoms with E-state index in [4.69, 9.17) is 11.6 Å². The fourth-order valence-corrected chi connectivity index (χ4v) is 5.73. The number of nitrogens with zero attached hydrogens (tertiary/aromatic N) is 4. The van der Waals surface area contributed by atoms with E-state index in [9.17, 15) is 23.3 Å². The van der Waals surface area contributed by atoms with Gasteiger partial charge in [0.15, 0.2) is 0 Å². The van der Waals surface area contributed by atoms with E-state index in [2.05, 4.69) is 36.1 Å². The normalized spacial score (nSPS) is 24.5. The minimum atomic E-state index is -4.66. The van der Waals surface area contributed by atoms with Crippen molar-refractivity contribution < 1.29 is 18.1 Å². The van der Waals surface area contributed by atoms with E-state index in [1.54, 1.807) is 0 Å². The summed E-state index contributed by atoms with van der Waals surface area (Å²) in [5, 5.41) is 14.2. The summed E-state index contributed by atoms with van der Waals surface area (Å²) in [5.74, 6) is 0.0187. The van der Waals surface area contributed by atoms with Crippen molar-refractivity contribution in [2.24, 2.45) is 10.8 Å². The lowest BCUT2D eigenvalue weighted by molar-refractivity contribution is -0.383. The van der Waals surface area contributed by atoms with Crippen LogP contribution in [-0.4, -0.2) is 27.5 Å². The Hall–Kier alpha value is -2.62. The predicted octanol–water partition coefficient (Wildman–Crippen LogP) is 6.21. The Morgan fingerprint density at radius 2 is 1.97 bits per heavy atom. The van der Waals surface area contributed by atoms with Gasteiger partial charge in [-0.05, 0) is 48.3 Å². The average molecular weight is 470 g/mol. The molecule has 2 bridgehead atoms.